The van der Waals surface area contributed by atoms with Crippen LogP contribution < -0.4 is 10.1 Å². The molecule has 0 unspecified atom stereocenters. The number of anilines is 1. The van der Waals surface area contributed by atoms with Crippen LogP contribution >= 0.6 is 0 Å². The fraction of sp³-hybridized carbons (Fsp3) is 0.350. The molecule has 0 aliphatic heterocycles. The van der Waals surface area contributed by atoms with Crippen LogP contribution in [0.25, 0.3) is 0 Å². The third-order valence-electron chi connectivity index (χ3n) is 4.28. The summed E-state index contributed by atoms with van der Waals surface area (Å²) in [5.41, 5.74) is 1.62. The fourth-order valence-electron chi connectivity index (χ4n) is 2.70. The summed E-state index contributed by atoms with van der Waals surface area (Å²) >= 11 is 0. The third-order valence-corrected chi connectivity index (χ3v) is 6.35. The van der Waals surface area contributed by atoms with Crippen LogP contribution in [-0.4, -0.2) is 38.8 Å². The van der Waals surface area contributed by atoms with E-state index in [0.717, 1.165) is 11.3 Å². The van der Waals surface area contributed by atoms with Crippen molar-refractivity contribution in [2.75, 3.05) is 25.5 Å². The molecule has 2 rings (SSSR count). The summed E-state index contributed by atoms with van der Waals surface area (Å²) in [4.78, 5) is 12.4. The molecule has 7 heteroatoms. The van der Waals surface area contributed by atoms with Gasteiger partial charge in [-0.2, -0.15) is 4.31 Å². The van der Waals surface area contributed by atoms with E-state index in [-0.39, 0.29) is 10.8 Å². The van der Waals surface area contributed by atoms with Crippen molar-refractivity contribution in [3.8, 4) is 5.75 Å². The molecular formula is C20H26N2O4S. The molecule has 0 radical (unpaired) electrons. The van der Waals surface area contributed by atoms with Crippen LogP contribution in [0.4, 0.5) is 5.69 Å². The maximum atomic E-state index is 12.5. The highest BCUT2D eigenvalue weighted by Gasteiger charge is 2.21. The van der Waals surface area contributed by atoms with Crippen molar-refractivity contribution in [1.82, 2.24) is 4.31 Å². The number of benzene rings is 2. The Labute approximate surface area is 161 Å². The normalized spacial score (nSPS) is 11.4. The first-order valence-electron chi connectivity index (χ1n) is 8.93. The lowest BCUT2D eigenvalue weighted by atomic mass is 10.1. The van der Waals surface area contributed by atoms with Crippen LogP contribution in [0.5, 0.6) is 5.75 Å². The Bertz CT molecular complexity index is 843. The molecule has 0 saturated heterocycles. The van der Waals surface area contributed by atoms with E-state index in [4.69, 9.17) is 4.74 Å². The lowest BCUT2D eigenvalue weighted by Gasteiger charge is -2.18. The van der Waals surface area contributed by atoms with Gasteiger partial charge in [-0.05, 0) is 48.4 Å². The van der Waals surface area contributed by atoms with Crippen molar-refractivity contribution < 1.29 is 17.9 Å². The Kier molecular flexibility index (Phi) is 7.38. The van der Waals surface area contributed by atoms with E-state index >= 15 is 0 Å². The van der Waals surface area contributed by atoms with E-state index in [9.17, 15) is 13.2 Å². The second-order valence-corrected chi connectivity index (χ2v) is 7.95. The topological polar surface area (TPSA) is 75.7 Å². The number of hydrogen-bond acceptors (Lipinski definition) is 4. The maximum absolute atomic E-state index is 12.5. The first-order chi connectivity index (χ1) is 12.9. The van der Waals surface area contributed by atoms with Gasteiger partial charge in [-0.3, -0.25) is 4.79 Å². The summed E-state index contributed by atoms with van der Waals surface area (Å²) in [6.07, 6.45) is 0.849. The van der Waals surface area contributed by atoms with E-state index in [0.29, 0.717) is 31.6 Å². The molecule has 1 amide bonds. The predicted molar refractivity (Wildman–Crippen MR) is 106 cm³/mol. The molecule has 0 aromatic heterocycles. The van der Waals surface area contributed by atoms with E-state index in [1.807, 2.05) is 13.8 Å². The lowest BCUT2D eigenvalue weighted by molar-refractivity contribution is -0.116. The van der Waals surface area contributed by atoms with Crippen LogP contribution in [0.1, 0.15) is 25.8 Å². The Morgan fingerprint density at radius 2 is 1.59 bits per heavy atom. The fourth-order valence-corrected chi connectivity index (χ4v) is 4.15. The van der Waals surface area contributed by atoms with Gasteiger partial charge >= 0.3 is 0 Å². The number of methoxy groups -OCH3 is 1. The number of hydrogen-bond donors (Lipinski definition) is 1. The summed E-state index contributed by atoms with van der Waals surface area (Å²) in [5, 5.41) is 2.83. The molecular weight excluding hydrogens is 364 g/mol. The van der Waals surface area contributed by atoms with Crippen molar-refractivity contribution in [3.63, 3.8) is 0 Å². The first kappa shape index (κ1) is 20.9. The number of nitrogens with one attached hydrogen (secondary N) is 1. The van der Waals surface area contributed by atoms with Crippen molar-refractivity contribution in [2.24, 2.45) is 0 Å². The number of aryl methyl sites for hydroxylation is 1. The van der Waals surface area contributed by atoms with Gasteiger partial charge in [0.05, 0.1) is 12.0 Å². The van der Waals surface area contributed by atoms with Crippen LogP contribution in [0.2, 0.25) is 0 Å². The van der Waals surface area contributed by atoms with Gasteiger partial charge in [-0.1, -0.05) is 26.0 Å². The van der Waals surface area contributed by atoms with Gasteiger partial charge in [-0.25, -0.2) is 8.42 Å². The minimum Gasteiger partial charge on any atom is -0.497 e. The van der Waals surface area contributed by atoms with E-state index in [1.165, 1.54) is 4.31 Å². The zero-order valence-corrected chi connectivity index (χ0v) is 16.8. The second-order valence-electron chi connectivity index (χ2n) is 6.01. The van der Waals surface area contributed by atoms with Gasteiger partial charge in [0, 0.05) is 25.2 Å². The summed E-state index contributed by atoms with van der Waals surface area (Å²) in [5.74, 6) is 0.632. The van der Waals surface area contributed by atoms with Crippen molar-refractivity contribution in [3.05, 3.63) is 54.1 Å². The number of carbonyl (C=O) groups excluding carboxylic acids is 1. The minimum absolute atomic E-state index is 0.0972. The van der Waals surface area contributed by atoms with Crippen molar-refractivity contribution >= 4 is 21.6 Å². The van der Waals surface area contributed by atoms with Crippen LogP contribution in [-0.2, 0) is 21.2 Å². The third kappa shape index (κ3) is 5.55. The average molecular weight is 391 g/mol. The maximum Gasteiger partial charge on any atom is 0.243 e. The second kappa shape index (κ2) is 9.53. The molecule has 27 heavy (non-hydrogen) atoms. The lowest BCUT2D eigenvalue weighted by Crippen LogP contribution is -2.30. The molecule has 0 saturated carbocycles. The van der Waals surface area contributed by atoms with Crippen molar-refractivity contribution in [1.29, 1.82) is 0 Å². The Morgan fingerprint density at radius 1 is 1.00 bits per heavy atom. The summed E-state index contributed by atoms with van der Waals surface area (Å²) < 4.78 is 31.5. The zero-order valence-electron chi connectivity index (χ0n) is 15.9. The minimum atomic E-state index is -3.45. The van der Waals surface area contributed by atoms with Gasteiger partial charge in [0.1, 0.15) is 5.75 Å². The van der Waals surface area contributed by atoms with Crippen molar-refractivity contribution in [2.45, 2.75) is 31.6 Å². The average Bonchev–Trinajstić information content (AvgIpc) is 2.68. The molecule has 1 N–H and O–H groups in total. The van der Waals surface area contributed by atoms with E-state index in [1.54, 1.807) is 55.6 Å². The molecule has 0 heterocycles. The highest BCUT2D eigenvalue weighted by Crippen LogP contribution is 2.18. The van der Waals surface area contributed by atoms with Gasteiger partial charge < -0.3 is 10.1 Å². The quantitative estimate of drug-likeness (QED) is 0.713. The number of ether oxygens (including phenoxy) is 1. The largest absolute Gasteiger partial charge is 0.497 e. The Hall–Kier alpha value is -2.38. The first-order valence-corrected chi connectivity index (χ1v) is 10.4. The standard InChI is InChI=1S/C20H26N2O4S/c1-4-22(5-2)27(24,25)19-13-6-16(7-14-19)8-15-20(23)21-17-9-11-18(26-3)12-10-17/h6-7,9-14H,4-5,8,15H2,1-3H3,(H,21,23). The zero-order chi connectivity index (χ0) is 19.9. The number of nitrogens with zero attached hydrogens (tertiary/aromatic N) is 1. The van der Waals surface area contributed by atoms with Gasteiger partial charge in [-0.15, -0.1) is 0 Å². The molecule has 0 bridgehead atoms. The van der Waals surface area contributed by atoms with Gasteiger partial charge in [0.2, 0.25) is 15.9 Å². The number of rotatable bonds is 9. The predicted octanol–water partition coefficient (Wildman–Crippen LogP) is 3.30. The summed E-state index contributed by atoms with van der Waals surface area (Å²) in [6.45, 7) is 4.51. The monoisotopic (exact) mass is 390 g/mol. The number of amides is 1. The molecule has 0 aliphatic rings. The molecule has 0 fully saturated rings. The van der Waals surface area contributed by atoms with Gasteiger partial charge in [0.25, 0.3) is 0 Å². The molecule has 2 aromatic carbocycles. The summed E-state index contributed by atoms with van der Waals surface area (Å²) in [7, 11) is -1.86. The van der Waals surface area contributed by atoms with Crippen LogP contribution in [0.3, 0.4) is 0 Å². The summed E-state index contributed by atoms with van der Waals surface area (Å²) in [6, 6.07) is 13.9. The molecule has 146 valence electrons. The molecule has 2 aromatic rings. The van der Waals surface area contributed by atoms with E-state index in [2.05, 4.69) is 5.32 Å². The molecule has 6 nitrogen and oxygen atoms in total. The smallest absolute Gasteiger partial charge is 0.243 e. The van der Waals surface area contributed by atoms with Crippen LogP contribution in [0.15, 0.2) is 53.4 Å². The molecule has 0 atom stereocenters. The number of sulfonamides is 1. The Balaban J connectivity index is 1.93. The Morgan fingerprint density at radius 3 is 2.11 bits per heavy atom. The van der Waals surface area contributed by atoms with Gasteiger partial charge in [0.15, 0.2) is 0 Å². The van der Waals surface area contributed by atoms with E-state index < -0.39 is 10.0 Å². The highest BCUT2D eigenvalue weighted by atomic mass is 32.2. The molecule has 0 spiro atoms. The SMILES string of the molecule is CCN(CC)S(=O)(=O)c1ccc(CCC(=O)Nc2ccc(OC)cc2)cc1. The molecule has 0 aliphatic carbocycles. The van der Waals surface area contributed by atoms with Crippen LogP contribution in [0, 0.1) is 0 Å². The number of carbonyl (C=O) groups is 1. The highest BCUT2D eigenvalue weighted by molar-refractivity contribution is 7.89.